The minimum absolute atomic E-state index is 0.210. The smallest absolute Gasteiger partial charge is 0.320 e. The maximum Gasteiger partial charge on any atom is 0.320 e. The highest BCUT2D eigenvalue weighted by molar-refractivity contribution is 6.30. The Balaban J connectivity index is 0.919. The van der Waals surface area contributed by atoms with Gasteiger partial charge in [-0.3, -0.25) is 5.10 Å². The monoisotopic (exact) mass is 484 g/mol. The molecule has 182 valence electrons. The first-order valence-electron chi connectivity index (χ1n) is 12.4. The van der Waals surface area contributed by atoms with Crippen LogP contribution in [0.15, 0.2) is 18.2 Å². The summed E-state index contributed by atoms with van der Waals surface area (Å²) in [4.78, 5) is 23.9. The van der Waals surface area contributed by atoms with E-state index in [4.69, 9.17) is 21.3 Å². The largest absolute Gasteiger partial charge is 0.496 e. The van der Waals surface area contributed by atoms with Gasteiger partial charge >= 0.3 is 6.03 Å². The third kappa shape index (κ3) is 4.15. The van der Waals surface area contributed by atoms with Gasteiger partial charge in [0.05, 0.1) is 7.11 Å². The second kappa shape index (κ2) is 8.41. The van der Waals surface area contributed by atoms with E-state index < -0.39 is 0 Å². The zero-order chi connectivity index (χ0) is 23.4. The number of ether oxygens (including phenoxy) is 1. The van der Waals surface area contributed by atoms with E-state index in [1.54, 1.807) is 7.11 Å². The van der Waals surface area contributed by atoms with Crippen molar-refractivity contribution < 1.29 is 9.53 Å². The Morgan fingerprint density at radius 2 is 2.00 bits per heavy atom. The molecule has 1 aromatic carbocycles. The van der Waals surface area contributed by atoms with Gasteiger partial charge in [0.2, 0.25) is 0 Å². The number of nitrogens with zero attached hydrogens (tertiary/aromatic N) is 5. The van der Waals surface area contributed by atoms with Crippen molar-refractivity contribution in [3.05, 3.63) is 40.4 Å². The fourth-order valence-corrected chi connectivity index (χ4v) is 6.18. The van der Waals surface area contributed by atoms with Gasteiger partial charge in [-0.25, -0.2) is 9.78 Å². The molecule has 0 unspecified atom stereocenters. The highest BCUT2D eigenvalue weighted by Crippen LogP contribution is 2.56. The van der Waals surface area contributed by atoms with Crippen LogP contribution in [-0.4, -0.2) is 82.8 Å². The Morgan fingerprint density at radius 3 is 2.71 bits per heavy atom. The molecular weight excluding hydrogens is 452 g/mol. The van der Waals surface area contributed by atoms with Crippen LogP contribution in [0.25, 0.3) is 0 Å². The number of hydrogen-bond acceptors (Lipinski definition) is 5. The van der Waals surface area contributed by atoms with E-state index in [-0.39, 0.29) is 6.03 Å². The molecular formula is C25H33ClN6O2. The Labute approximate surface area is 205 Å². The molecule has 0 radical (unpaired) electrons. The van der Waals surface area contributed by atoms with Gasteiger partial charge < -0.3 is 19.4 Å². The van der Waals surface area contributed by atoms with E-state index >= 15 is 0 Å². The summed E-state index contributed by atoms with van der Waals surface area (Å²) in [5, 5.41) is 8.27. The lowest BCUT2D eigenvalue weighted by Gasteiger charge is -2.59. The van der Waals surface area contributed by atoms with Crippen molar-refractivity contribution in [2.75, 3.05) is 46.9 Å². The zero-order valence-electron chi connectivity index (χ0n) is 20.0. The van der Waals surface area contributed by atoms with Crippen LogP contribution in [-0.2, 0) is 6.54 Å². The van der Waals surface area contributed by atoms with Crippen molar-refractivity contribution in [3.63, 3.8) is 0 Å². The summed E-state index contributed by atoms with van der Waals surface area (Å²) in [5.74, 6) is 4.48. The minimum Gasteiger partial charge on any atom is -0.496 e. The summed E-state index contributed by atoms with van der Waals surface area (Å²) < 4.78 is 5.46. The minimum atomic E-state index is 0.210. The predicted molar refractivity (Wildman–Crippen MR) is 129 cm³/mol. The average Bonchev–Trinajstić information content (AvgIpc) is 3.47. The molecule has 1 spiro atoms. The fourth-order valence-electron chi connectivity index (χ4n) is 6.02. The van der Waals surface area contributed by atoms with Crippen LogP contribution in [0, 0.1) is 11.3 Å². The van der Waals surface area contributed by atoms with Crippen molar-refractivity contribution in [2.24, 2.45) is 11.3 Å². The van der Waals surface area contributed by atoms with Crippen LogP contribution in [0.3, 0.4) is 0 Å². The molecule has 0 atom stereocenters. The number of aromatic amines is 1. The summed E-state index contributed by atoms with van der Waals surface area (Å²) in [7, 11) is 3.79. The molecule has 8 nitrogen and oxygen atoms in total. The average molecular weight is 485 g/mol. The number of H-pyrrole nitrogens is 1. The number of methoxy groups -OCH3 is 1. The number of carbonyl (C=O) groups excluding carboxylic acids is 1. The van der Waals surface area contributed by atoms with Crippen molar-refractivity contribution in [1.29, 1.82) is 0 Å². The molecule has 6 rings (SSSR count). The lowest BCUT2D eigenvalue weighted by molar-refractivity contribution is -0.0630. The Morgan fingerprint density at radius 1 is 1.24 bits per heavy atom. The number of likely N-dealkylation sites (tertiary alicyclic amines) is 2. The second-order valence-corrected chi connectivity index (χ2v) is 11.5. The molecule has 2 aliphatic heterocycles. The maximum absolute atomic E-state index is 12.9. The van der Waals surface area contributed by atoms with Gasteiger partial charge in [-0.1, -0.05) is 17.7 Å². The van der Waals surface area contributed by atoms with Crippen LogP contribution < -0.4 is 4.74 Å². The molecule has 0 bridgehead atoms. The van der Waals surface area contributed by atoms with E-state index in [9.17, 15) is 4.79 Å². The van der Waals surface area contributed by atoms with Gasteiger partial charge in [-0.05, 0) is 44.9 Å². The first kappa shape index (κ1) is 22.2. The molecule has 1 aromatic heterocycles. The maximum atomic E-state index is 12.9. The quantitative estimate of drug-likeness (QED) is 0.648. The van der Waals surface area contributed by atoms with Crippen LogP contribution in [0.5, 0.6) is 5.75 Å². The number of hydrogen-bond donors (Lipinski definition) is 1. The summed E-state index contributed by atoms with van der Waals surface area (Å²) in [6, 6.07) is 5.99. The second-order valence-electron chi connectivity index (χ2n) is 11.0. The van der Waals surface area contributed by atoms with Gasteiger partial charge in [0, 0.05) is 73.0 Å². The first-order chi connectivity index (χ1) is 16.4. The molecule has 1 N–H and O–H groups in total. The van der Waals surface area contributed by atoms with Crippen molar-refractivity contribution in [3.8, 4) is 5.75 Å². The molecule has 2 aromatic rings. The van der Waals surface area contributed by atoms with Crippen molar-refractivity contribution >= 4 is 17.6 Å². The number of carbonyl (C=O) groups is 1. The van der Waals surface area contributed by atoms with E-state index in [2.05, 4.69) is 22.1 Å². The fraction of sp³-hybridized carbons (Fsp3) is 0.640. The zero-order valence-corrected chi connectivity index (χ0v) is 20.7. The van der Waals surface area contributed by atoms with E-state index in [0.717, 1.165) is 75.1 Å². The normalized spacial score (nSPS) is 22.0. The number of urea groups is 1. The number of amides is 2. The number of halogens is 1. The molecule has 2 saturated carbocycles. The van der Waals surface area contributed by atoms with Crippen molar-refractivity contribution in [1.82, 2.24) is 29.9 Å². The summed E-state index contributed by atoms with van der Waals surface area (Å²) in [5.41, 5.74) is 1.43. The SMILES string of the molecule is COc1cc(Cl)ccc1CN(C)CC1CN(C(=O)N2CC3(CC(c4n[nH]c(C5CC5)n4)C3)C2)C1. The molecule has 34 heavy (non-hydrogen) atoms. The number of nitrogens with one attached hydrogen (secondary N) is 1. The molecule has 2 aliphatic carbocycles. The van der Waals surface area contributed by atoms with Crippen LogP contribution in [0.1, 0.15) is 54.7 Å². The van der Waals surface area contributed by atoms with Gasteiger partial charge in [0.1, 0.15) is 11.6 Å². The third-order valence-corrected chi connectivity index (χ3v) is 8.25. The molecule has 3 heterocycles. The summed E-state index contributed by atoms with van der Waals surface area (Å²) in [6.45, 7) is 5.22. The summed E-state index contributed by atoms with van der Waals surface area (Å²) >= 11 is 6.07. The Bertz CT molecular complexity index is 1070. The van der Waals surface area contributed by atoms with E-state index in [1.165, 1.54) is 12.8 Å². The lowest BCUT2D eigenvalue weighted by atomic mass is 9.57. The lowest BCUT2D eigenvalue weighted by Crippen LogP contribution is -2.67. The standard InChI is InChI=1S/C25H33ClN6O2/c1-30(13-18-5-6-20(26)7-21(18)34-2)10-16-11-31(12-16)24(33)32-14-25(15-32)8-19(9-25)23-27-22(28-29-23)17-3-4-17/h5-7,16-17,19H,3-4,8-15H2,1-2H3,(H,27,28,29). The Hall–Kier alpha value is -2.32. The van der Waals surface area contributed by atoms with E-state index in [1.807, 2.05) is 28.0 Å². The molecule has 9 heteroatoms. The topological polar surface area (TPSA) is 77.6 Å². The van der Waals surface area contributed by atoms with Crippen LogP contribution in [0.2, 0.25) is 5.02 Å². The third-order valence-electron chi connectivity index (χ3n) is 8.02. The molecule has 2 amide bonds. The predicted octanol–water partition coefficient (Wildman–Crippen LogP) is 3.71. The Kier molecular flexibility index (Phi) is 5.48. The first-order valence-corrected chi connectivity index (χ1v) is 12.8. The number of benzene rings is 1. The molecule has 2 saturated heterocycles. The number of rotatable bonds is 7. The highest BCUT2D eigenvalue weighted by atomic mass is 35.5. The highest BCUT2D eigenvalue weighted by Gasteiger charge is 2.56. The number of aromatic nitrogens is 3. The van der Waals surface area contributed by atoms with E-state index in [0.29, 0.717) is 28.2 Å². The molecule has 4 fully saturated rings. The van der Waals surface area contributed by atoms with Gasteiger partial charge in [-0.15, -0.1) is 0 Å². The van der Waals surface area contributed by atoms with Gasteiger partial charge in [0.25, 0.3) is 0 Å². The summed E-state index contributed by atoms with van der Waals surface area (Å²) in [6.07, 6.45) is 4.71. The van der Waals surface area contributed by atoms with Crippen LogP contribution in [0.4, 0.5) is 4.79 Å². The van der Waals surface area contributed by atoms with Crippen molar-refractivity contribution in [2.45, 2.75) is 44.1 Å². The van der Waals surface area contributed by atoms with Gasteiger partial charge in [0.15, 0.2) is 5.82 Å². The molecule has 4 aliphatic rings. The van der Waals surface area contributed by atoms with Gasteiger partial charge in [-0.2, -0.15) is 5.10 Å². The van der Waals surface area contributed by atoms with Crippen LogP contribution >= 0.6 is 11.6 Å².